The number of carbonyl (C=O) groups is 1. The maximum absolute atomic E-state index is 12.3. The van der Waals surface area contributed by atoms with Gasteiger partial charge in [-0.25, -0.2) is 0 Å². The fourth-order valence-corrected chi connectivity index (χ4v) is 3.52. The van der Waals surface area contributed by atoms with Crippen molar-refractivity contribution in [3.63, 3.8) is 0 Å². The van der Waals surface area contributed by atoms with Gasteiger partial charge in [-0.1, -0.05) is 26.0 Å². The van der Waals surface area contributed by atoms with Crippen LogP contribution in [0, 0.1) is 0 Å². The van der Waals surface area contributed by atoms with Gasteiger partial charge in [0.2, 0.25) is 5.91 Å². The lowest BCUT2D eigenvalue weighted by molar-refractivity contribution is -0.120. The van der Waals surface area contributed by atoms with Gasteiger partial charge in [0.15, 0.2) is 0 Å². The number of aromatic nitrogens is 2. The first-order chi connectivity index (χ1) is 12.6. The molecule has 0 saturated heterocycles. The summed E-state index contributed by atoms with van der Waals surface area (Å²) in [7, 11) is 0. The van der Waals surface area contributed by atoms with E-state index in [2.05, 4.69) is 36.4 Å². The molecule has 2 heterocycles. The minimum atomic E-state index is -0.159. The standard InChI is InChI=1S/C20H23N3O2S/c1-15(2)26-17-8-6-16(7-9-17)13-20(24)21-14-18(19-5-3-12-25-19)23-11-4-10-22-23/h3-12,15,18H,13-14H2,1-2H3,(H,21,24). The molecule has 0 aliphatic heterocycles. The second kappa shape index (κ2) is 8.76. The highest BCUT2D eigenvalue weighted by atomic mass is 32.2. The summed E-state index contributed by atoms with van der Waals surface area (Å²) in [4.78, 5) is 13.6. The van der Waals surface area contributed by atoms with E-state index in [0.717, 1.165) is 11.3 Å². The van der Waals surface area contributed by atoms with Crippen molar-refractivity contribution >= 4 is 17.7 Å². The molecule has 0 spiro atoms. The molecule has 6 heteroatoms. The third-order valence-corrected chi connectivity index (χ3v) is 4.88. The van der Waals surface area contributed by atoms with Gasteiger partial charge < -0.3 is 9.73 Å². The van der Waals surface area contributed by atoms with E-state index in [4.69, 9.17) is 4.42 Å². The molecule has 0 bridgehead atoms. The Balaban J connectivity index is 1.57. The van der Waals surface area contributed by atoms with Crippen molar-refractivity contribution in [3.05, 3.63) is 72.4 Å². The van der Waals surface area contributed by atoms with E-state index in [0.29, 0.717) is 18.2 Å². The molecule has 0 aliphatic rings. The number of nitrogens with one attached hydrogen (secondary N) is 1. The van der Waals surface area contributed by atoms with Crippen molar-refractivity contribution in [1.82, 2.24) is 15.1 Å². The Morgan fingerprint density at radius 2 is 2.04 bits per heavy atom. The lowest BCUT2D eigenvalue weighted by Crippen LogP contribution is -2.32. The zero-order valence-electron chi connectivity index (χ0n) is 15.0. The molecule has 0 radical (unpaired) electrons. The van der Waals surface area contributed by atoms with Crippen LogP contribution < -0.4 is 5.32 Å². The Kier molecular flexibility index (Phi) is 6.17. The number of hydrogen-bond donors (Lipinski definition) is 1. The normalized spacial score (nSPS) is 12.3. The molecule has 0 aliphatic carbocycles. The van der Waals surface area contributed by atoms with Crippen LogP contribution in [0.4, 0.5) is 0 Å². The Labute approximate surface area is 157 Å². The lowest BCUT2D eigenvalue weighted by atomic mass is 10.1. The number of rotatable bonds is 8. The molecule has 1 aromatic carbocycles. The van der Waals surface area contributed by atoms with E-state index in [1.165, 1.54) is 4.90 Å². The minimum absolute atomic E-state index is 0.0158. The van der Waals surface area contributed by atoms with Crippen LogP contribution in [0.3, 0.4) is 0 Å². The summed E-state index contributed by atoms with van der Waals surface area (Å²) in [6.07, 6.45) is 5.57. The van der Waals surface area contributed by atoms with E-state index < -0.39 is 0 Å². The van der Waals surface area contributed by atoms with Crippen molar-refractivity contribution in [2.24, 2.45) is 0 Å². The number of nitrogens with zero attached hydrogens (tertiary/aromatic N) is 2. The number of hydrogen-bond acceptors (Lipinski definition) is 4. The van der Waals surface area contributed by atoms with E-state index in [9.17, 15) is 4.79 Å². The maximum Gasteiger partial charge on any atom is 0.224 e. The molecular weight excluding hydrogens is 346 g/mol. The smallest absolute Gasteiger partial charge is 0.224 e. The van der Waals surface area contributed by atoms with E-state index in [1.807, 2.05) is 48.3 Å². The highest BCUT2D eigenvalue weighted by Crippen LogP contribution is 2.23. The maximum atomic E-state index is 12.3. The molecule has 2 aromatic heterocycles. The molecule has 5 nitrogen and oxygen atoms in total. The van der Waals surface area contributed by atoms with E-state index >= 15 is 0 Å². The summed E-state index contributed by atoms with van der Waals surface area (Å²) in [6.45, 7) is 4.76. The third-order valence-electron chi connectivity index (χ3n) is 3.87. The predicted molar refractivity (Wildman–Crippen MR) is 103 cm³/mol. The zero-order valence-corrected chi connectivity index (χ0v) is 15.8. The van der Waals surface area contributed by atoms with Crippen LogP contribution in [0.15, 0.2) is 70.4 Å². The van der Waals surface area contributed by atoms with Crippen LogP contribution in [0.25, 0.3) is 0 Å². The molecule has 1 unspecified atom stereocenters. The van der Waals surface area contributed by atoms with Crippen LogP contribution in [0.5, 0.6) is 0 Å². The minimum Gasteiger partial charge on any atom is -0.467 e. The van der Waals surface area contributed by atoms with Crippen LogP contribution in [0.1, 0.15) is 31.2 Å². The predicted octanol–water partition coefficient (Wildman–Crippen LogP) is 3.92. The zero-order chi connectivity index (χ0) is 18.4. The number of benzene rings is 1. The van der Waals surface area contributed by atoms with Gasteiger partial charge in [0.1, 0.15) is 11.8 Å². The van der Waals surface area contributed by atoms with Gasteiger partial charge in [0.05, 0.1) is 12.7 Å². The molecule has 3 aromatic rings. The number of amides is 1. The molecule has 3 rings (SSSR count). The molecule has 0 saturated carbocycles. The van der Waals surface area contributed by atoms with Crippen molar-refractivity contribution in [2.75, 3.05) is 6.54 Å². The van der Waals surface area contributed by atoms with Crippen LogP contribution in [0.2, 0.25) is 0 Å². The average molecular weight is 369 g/mol. The summed E-state index contributed by atoms with van der Waals surface area (Å²) >= 11 is 1.82. The second-order valence-corrected chi connectivity index (χ2v) is 7.96. The summed E-state index contributed by atoms with van der Waals surface area (Å²) in [6, 6.07) is 13.6. The fraction of sp³-hybridized carbons (Fsp3) is 0.300. The molecule has 1 N–H and O–H groups in total. The second-order valence-electron chi connectivity index (χ2n) is 6.31. The van der Waals surface area contributed by atoms with Gasteiger partial charge in [0.25, 0.3) is 0 Å². The summed E-state index contributed by atoms with van der Waals surface area (Å²) in [5, 5.41) is 7.81. The van der Waals surface area contributed by atoms with Gasteiger partial charge in [-0.3, -0.25) is 9.48 Å². The fourth-order valence-electron chi connectivity index (χ4n) is 2.69. The monoisotopic (exact) mass is 369 g/mol. The molecule has 1 amide bonds. The van der Waals surface area contributed by atoms with E-state index in [-0.39, 0.29) is 11.9 Å². The van der Waals surface area contributed by atoms with Crippen LogP contribution in [-0.2, 0) is 11.2 Å². The highest BCUT2D eigenvalue weighted by molar-refractivity contribution is 7.99. The Bertz CT molecular complexity index is 762. The van der Waals surface area contributed by atoms with Crippen molar-refractivity contribution < 1.29 is 9.21 Å². The molecule has 0 fully saturated rings. The SMILES string of the molecule is CC(C)Sc1ccc(CC(=O)NCC(c2ccco2)n2cccn2)cc1. The topological polar surface area (TPSA) is 60.1 Å². The summed E-state index contributed by atoms with van der Waals surface area (Å²) in [5.41, 5.74) is 1.00. The Hall–Kier alpha value is -2.47. The average Bonchev–Trinajstić information content (AvgIpc) is 3.30. The number of carbonyl (C=O) groups excluding carboxylic acids is 1. The van der Waals surface area contributed by atoms with Crippen LogP contribution in [-0.4, -0.2) is 27.5 Å². The third kappa shape index (κ3) is 5.02. The van der Waals surface area contributed by atoms with Gasteiger partial charge in [0, 0.05) is 29.1 Å². The first-order valence-electron chi connectivity index (χ1n) is 8.66. The van der Waals surface area contributed by atoms with Gasteiger partial charge in [-0.15, -0.1) is 11.8 Å². The van der Waals surface area contributed by atoms with Crippen molar-refractivity contribution in [2.45, 2.75) is 36.5 Å². The van der Waals surface area contributed by atoms with Gasteiger partial charge in [-0.2, -0.15) is 5.10 Å². The highest BCUT2D eigenvalue weighted by Gasteiger charge is 2.18. The van der Waals surface area contributed by atoms with Crippen molar-refractivity contribution in [3.8, 4) is 0 Å². The van der Waals surface area contributed by atoms with Crippen molar-refractivity contribution in [1.29, 1.82) is 0 Å². The summed E-state index contributed by atoms with van der Waals surface area (Å²) < 4.78 is 7.29. The van der Waals surface area contributed by atoms with Crippen LogP contribution >= 0.6 is 11.8 Å². The molecule has 136 valence electrons. The Morgan fingerprint density at radius 3 is 2.65 bits per heavy atom. The van der Waals surface area contributed by atoms with Gasteiger partial charge >= 0.3 is 0 Å². The number of thioether (sulfide) groups is 1. The molecular formula is C20H23N3O2S. The molecule has 1 atom stereocenters. The first-order valence-corrected chi connectivity index (χ1v) is 9.54. The number of furan rings is 1. The quantitative estimate of drug-likeness (QED) is 0.611. The first kappa shape index (κ1) is 18.3. The Morgan fingerprint density at radius 1 is 1.23 bits per heavy atom. The molecule has 26 heavy (non-hydrogen) atoms. The van der Waals surface area contributed by atoms with E-state index in [1.54, 1.807) is 17.1 Å². The van der Waals surface area contributed by atoms with Gasteiger partial charge in [-0.05, 0) is 35.9 Å². The largest absolute Gasteiger partial charge is 0.467 e. The summed E-state index contributed by atoms with van der Waals surface area (Å²) in [5.74, 6) is 0.752. The lowest BCUT2D eigenvalue weighted by Gasteiger charge is -2.16.